The monoisotopic (exact) mass is 420 g/mol. The summed E-state index contributed by atoms with van der Waals surface area (Å²) in [5.74, 6) is 0.794. The van der Waals surface area contributed by atoms with Crippen molar-refractivity contribution in [3.05, 3.63) is 102 Å². The quantitative estimate of drug-likeness (QED) is 0.179. The smallest absolute Gasteiger partial charge is 0.305 e. The zero-order valence-electron chi connectivity index (χ0n) is 17.2. The Bertz CT molecular complexity index is 980. The molecule has 0 amide bonds. The van der Waals surface area contributed by atoms with E-state index in [1.54, 1.807) is 6.92 Å². The van der Waals surface area contributed by atoms with E-state index in [9.17, 15) is 4.79 Å². The van der Waals surface area contributed by atoms with Gasteiger partial charge in [-0.2, -0.15) is 0 Å². The molecule has 0 aliphatic heterocycles. The Hall–Kier alpha value is -3.04. The zero-order valence-corrected chi connectivity index (χ0v) is 17.9. The molecule has 3 nitrogen and oxygen atoms in total. The van der Waals surface area contributed by atoms with Crippen LogP contribution < -0.4 is 4.74 Å². The predicted octanol–water partition coefficient (Wildman–Crippen LogP) is 6.56. The van der Waals surface area contributed by atoms with Gasteiger partial charge in [-0.05, 0) is 46.4 Å². The Morgan fingerprint density at radius 3 is 1.90 bits per heavy atom. The summed E-state index contributed by atoms with van der Waals surface area (Å²) in [6.07, 6.45) is 0.103. The van der Waals surface area contributed by atoms with Crippen LogP contribution in [0.3, 0.4) is 0 Å². The molecule has 1 atom stereocenters. The van der Waals surface area contributed by atoms with E-state index in [-0.39, 0.29) is 5.97 Å². The first-order valence-corrected chi connectivity index (χ1v) is 10.5. The number of halogens is 1. The zero-order chi connectivity index (χ0) is 21.3. The van der Waals surface area contributed by atoms with Crippen LogP contribution in [0.4, 0.5) is 0 Å². The molecule has 0 bridgehead atoms. The highest BCUT2D eigenvalue weighted by atomic mass is 35.5. The number of allylic oxidation sites excluding steroid dienone is 1. The van der Waals surface area contributed by atoms with E-state index in [1.807, 2.05) is 60.7 Å². The Morgan fingerprint density at radius 1 is 0.833 bits per heavy atom. The second-order valence-electron chi connectivity index (χ2n) is 6.84. The van der Waals surface area contributed by atoms with Crippen LogP contribution in [-0.2, 0) is 9.53 Å². The van der Waals surface area contributed by atoms with Gasteiger partial charge in [-0.25, -0.2) is 0 Å². The molecule has 0 aliphatic rings. The van der Waals surface area contributed by atoms with Gasteiger partial charge < -0.3 is 9.47 Å². The van der Waals surface area contributed by atoms with E-state index >= 15 is 0 Å². The van der Waals surface area contributed by atoms with Gasteiger partial charge in [-0.3, -0.25) is 4.79 Å². The second-order valence-corrected chi connectivity index (χ2v) is 7.22. The summed E-state index contributed by atoms with van der Waals surface area (Å²) in [6, 6.07) is 28.5. The normalized spacial score (nSPS) is 12.6. The topological polar surface area (TPSA) is 35.5 Å². The van der Waals surface area contributed by atoms with E-state index in [0.717, 1.165) is 28.7 Å². The van der Waals surface area contributed by atoms with Crippen LogP contribution >= 0.6 is 11.6 Å². The predicted molar refractivity (Wildman–Crippen MR) is 122 cm³/mol. The van der Waals surface area contributed by atoms with Crippen LogP contribution in [0.25, 0.3) is 11.1 Å². The molecular weight excluding hydrogens is 396 g/mol. The van der Waals surface area contributed by atoms with Crippen molar-refractivity contribution in [2.24, 2.45) is 0 Å². The molecule has 3 aromatic carbocycles. The minimum Gasteiger partial charge on any atom is -0.455 e. The fraction of sp³-hybridized carbons (Fsp3) is 0.192. The van der Waals surface area contributed by atoms with E-state index in [1.165, 1.54) is 12.5 Å². The van der Waals surface area contributed by atoms with Crippen molar-refractivity contribution in [2.45, 2.75) is 26.6 Å². The highest BCUT2D eigenvalue weighted by molar-refractivity contribution is 6.18. The lowest BCUT2D eigenvalue weighted by molar-refractivity contribution is -0.158. The Labute approximate surface area is 182 Å². The van der Waals surface area contributed by atoms with Crippen molar-refractivity contribution in [3.8, 4) is 5.75 Å². The molecule has 154 valence electrons. The maximum Gasteiger partial charge on any atom is 0.305 e. The SMILES string of the molecule is CC(=O)OC(C)Oc1ccc(C(=C(CCCl)c2ccccc2)c2ccccc2)cc1. The lowest BCUT2D eigenvalue weighted by Crippen LogP contribution is -2.18. The molecule has 30 heavy (non-hydrogen) atoms. The van der Waals surface area contributed by atoms with Crippen LogP contribution in [0.15, 0.2) is 84.9 Å². The van der Waals surface area contributed by atoms with Crippen molar-refractivity contribution >= 4 is 28.7 Å². The number of benzene rings is 3. The molecule has 0 fully saturated rings. The molecule has 0 aromatic heterocycles. The number of ether oxygens (including phenoxy) is 2. The summed E-state index contributed by atoms with van der Waals surface area (Å²) in [5.41, 5.74) is 5.68. The van der Waals surface area contributed by atoms with E-state index < -0.39 is 6.29 Å². The first-order chi connectivity index (χ1) is 14.6. The first kappa shape index (κ1) is 21.7. The highest BCUT2D eigenvalue weighted by Crippen LogP contribution is 2.35. The van der Waals surface area contributed by atoms with Gasteiger partial charge in [0.25, 0.3) is 0 Å². The van der Waals surface area contributed by atoms with Gasteiger partial charge in [0.05, 0.1) is 0 Å². The summed E-state index contributed by atoms with van der Waals surface area (Å²) >= 11 is 6.19. The van der Waals surface area contributed by atoms with Gasteiger partial charge in [0.1, 0.15) is 5.75 Å². The van der Waals surface area contributed by atoms with E-state index in [0.29, 0.717) is 11.6 Å². The van der Waals surface area contributed by atoms with Gasteiger partial charge >= 0.3 is 5.97 Å². The Balaban J connectivity index is 2.04. The standard InChI is InChI=1S/C26H25ClO3/c1-19(28)29-20(2)30-24-15-13-23(14-16-24)26(22-11-7-4-8-12-22)25(17-18-27)21-9-5-3-6-10-21/h3-16,20H,17-18H2,1-2H3. The van der Waals surface area contributed by atoms with Crippen LogP contribution in [0.5, 0.6) is 5.75 Å². The summed E-state index contributed by atoms with van der Waals surface area (Å²) in [5, 5.41) is 0. The van der Waals surface area contributed by atoms with Crippen molar-refractivity contribution in [3.63, 3.8) is 0 Å². The summed E-state index contributed by atoms with van der Waals surface area (Å²) in [4.78, 5) is 11.1. The van der Waals surface area contributed by atoms with Gasteiger partial charge in [0.15, 0.2) is 0 Å². The molecule has 0 saturated heterocycles. The Morgan fingerprint density at radius 2 is 1.37 bits per heavy atom. The van der Waals surface area contributed by atoms with Crippen molar-refractivity contribution < 1.29 is 14.3 Å². The second kappa shape index (κ2) is 10.7. The van der Waals surface area contributed by atoms with Crippen molar-refractivity contribution in [1.29, 1.82) is 0 Å². The first-order valence-electron chi connectivity index (χ1n) is 9.92. The third-order valence-electron chi connectivity index (χ3n) is 4.61. The van der Waals surface area contributed by atoms with Crippen LogP contribution in [0, 0.1) is 0 Å². The molecule has 1 unspecified atom stereocenters. The molecule has 0 N–H and O–H groups in total. The van der Waals surface area contributed by atoms with Crippen molar-refractivity contribution in [1.82, 2.24) is 0 Å². The molecule has 3 rings (SSSR count). The number of hydrogen-bond donors (Lipinski definition) is 0. The van der Waals surface area contributed by atoms with Crippen molar-refractivity contribution in [2.75, 3.05) is 5.88 Å². The molecule has 4 heteroatoms. The lowest BCUT2D eigenvalue weighted by atomic mass is 9.88. The maximum absolute atomic E-state index is 11.1. The van der Waals surface area contributed by atoms with Gasteiger partial charge in [-0.15, -0.1) is 11.6 Å². The molecule has 0 spiro atoms. The van der Waals surface area contributed by atoms with Crippen LogP contribution in [0.1, 0.15) is 37.0 Å². The molecular formula is C26H25ClO3. The molecule has 3 aromatic rings. The summed E-state index contributed by atoms with van der Waals surface area (Å²) in [6.45, 7) is 3.06. The molecule has 0 heterocycles. The molecule has 0 saturated carbocycles. The fourth-order valence-electron chi connectivity index (χ4n) is 3.42. The maximum atomic E-state index is 11.1. The molecule has 0 radical (unpaired) electrons. The molecule has 0 aliphatic carbocycles. The van der Waals surface area contributed by atoms with E-state index in [2.05, 4.69) is 24.3 Å². The third kappa shape index (κ3) is 5.74. The van der Waals surface area contributed by atoms with Gasteiger partial charge in [-0.1, -0.05) is 72.8 Å². The highest BCUT2D eigenvalue weighted by Gasteiger charge is 2.14. The number of rotatable bonds is 8. The summed E-state index contributed by atoms with van der Waals surface area (Å²) in [7, 11) is 0. The minimum absolute atomic E-state index is 0.373. The van der Waals surface area contributed by atoms with Crippen LogP contribution in [0.2, 0.25) is 0 Å². The third-order valence-corrected chi connectivity index (χ3v) is 4.80. The average Bonchev–Trinajstić information content (AvgIpc) is 2.75. The number of hydrogen-bond acceptors (Lipinski definition) is 3. The Kier molecular flexibility index (Phi) is 7.69. The van der Waals surface area contributed by atoms with Crippen LogP contribution in [-0.4, -0.2) is 18.1 Å². The fourth-order valence-corrected chi connectivity index (χ4v) is 3.61. The number of carbonyl (C=O) groups is 1. The lowest BCUT2D eigenvalue weighted by Gasteiger charge is -2.18. The van der Waals surface area contributed by atoms with Gasteiger partial charge in [0.2, 0.25) is 6.29 Å². The largest absolute Gasteiger partial charge is 0.455 e. The van der Waals surface area contributed by atoms with Gasteiger partial charge in [0, 0.05) is 19.7 Å². The minimum atomic E-state index is -0.645. The number of carbonyl (C=O) groups excluding carboxylic acids is 1. The average molecular weight is 421 g/mol. The number of esters is 1. The van der Waals surface area contributed by atoms with E-state index in [4.69, 9.17) is 21.1 Å². The number of alkyl halides is 1. The summed E-state index contributed by atoms with van der Waals surface area (Å²) < 4.78 is 10.7.